The first-order chi connectivity index (χ1) is 5.56. The Balaban J connectivity index is 0. The second kappa shape index (κ2) is 8.10. The van der Waals surface area contributed by atoms with Gasteiger partial charge >= 0.3 is 11.9 Å². The Morgan fingerprint density at radius 2 is 1.54 bits per heavy atom. The van der Waals surface area contributed by atoms with Gasteiger partial charge < -0.3 is 10.2 Å². The third kappa shape index (κ3) is 9.39. The van der Waals surface area contributed by atoms with E-state index in [1.54, 1.807) is 0 Å². The van der Waals surface area contributed by atoms with Gasteiger partial charge in [0.2, 0.25) is 0 Å². The monoisotopic (exact) mass is 231 g/mol. The lowest BCUT2D eigenvalue weighted by atomic mass is 10.4. The van der Waals surface area contributed by atoms with Crippen molar-refractivity contribution in [3.63, 3.8) is 0 Å². The lowest BCUT2D eigenvalue weighted by molar-refractivity contribution is -0.141. The Morgan fingerprint density at radius 3 is 1.77 bits per heavy atom. The van der Waals surface area contributed by atoms with Gasteiger partial charge in [-0.25, -0.2) is 0 Å². The van der Waals surface area contributed by atoms with Crippen LogP contribution in [0.4, 0.5) is 0 Å². The van der Waals surface area contributed by atoms with E-state index in [0.717, 1.165) is 0 Å². The number of hydrogen-bond acceptors (Lipinski definition) is 3. The number of nitrogens with zero attached hydrogens (tertiary/aromatic N) is 1. The molecule has 0 heterocycles. The van der Waals surface area contributed by atoms with Crippen LogP contribution in [0.15, 0.2) is 0 Å². The van der Waals surface area contributed by atoms with Gasteiger partial charge in [0, 0.05) is 12.4 Å². The fourth-order valence-electron chi connectivity index (χ4n) is 0.716. The summed E-state index contributed by atoms with van der Waals surface area (Å²) < 4.78 is 0. The van der Waals surface area contributed by atoms with E-state index >= 15 is 0 Å². The minimum absolute atomic E-state index is 0. The van der Waals surface area contributed by atoms with E-state index in [4.69, 9.17) is 21.8 Å². The van der Waals surface area contributed by atoms with Gasteiger partial charge in [-0.3, -0.25) is 14.5 Å². The van der Waals surface area contributed by atoms with E-state index in [1.807, 2.05) is 0 Å². The van der Waals surface area contributed by atoms with E-state index in [0.29, 0.717) is 0 Å². The fourth-order valence-corrected chi connectivity index (χ4v) is 0.955. The predicted molar refractivity (Wildman–Crippen MR) is 49.7 cm³/mol. The summed E-state index contributed by atoms with van der Waals surface area (Å²) in [7, 11) is 0. The molecule has 0 unspecified atom stereocenters. The molecular weight excluding hydrogens is 221 g/mol. The summed E-state index contributed by atoms with van der Waals surface area (Å²) in [4.78, 5) is 21.6. The van der Waals surface area contributed by atoms with Gasteiger partial charge in [-0.1, -0.05) is 0 Å². The third-order valence-electron chi connectivity index (χ3n) is 1.12. The molecule has 0 saturated carbocycles. The maximum absolute atomic E-state index is 10.2. The van der Waals surface area contributed by atoms with Gasteiger partial charge in [0.1, 0.15) is 0 Å². The minimum atomic E-state index is -1.05. The quantitative estimate of drug-likeness (QED) is 0.636. The van der Waals surface area contributed by atoms with Gasteiger partial charge in [0.05, 0.1) is 13.1 Å². The maximum Gasteiger partial charge on any atom is 0.317 e. The number of halogens is 2. The molecule has 78 valence electrons. The number of carboxylic acid groups (broad SMARTS) is 2. The van der Waals surface area contributed by atoms with Crippen LogP contribution in [0.1, 0.15) is 0 Å². The molecule has 13 heavy (non-hydrogen) atoms. The summed E-state index contributed by atoms with van der Waals surface area (Å²) in [5.74, 6) is -1.89. The number of aliphatic carboxylic acids is 2. The molecule has 0 aromatic rings. The molecule has 2 N–H and O–H groups in total. The van der Waals surface area contributed by atoms with Crippen molar-refractivity contribution >= 4 is 35.9 Å². The molecule has 0 aromatic heterocycles. The first kappa shape index (κ1) is 15.0. The number of carboxylic acids is 2. The van der Waals surface area contributed by atoms with Crippen LogP contribution < -0.4 is 0 Å². The van der Waals surface area contributed by atoms with Crippen LogP contribution in [0.2, 0.25) is 0 Å². The second-order valence-electron chi connectivity index (χ2n) is 2.19. The van der Waals surface area contributed by atoms with Crippen LogP contribution in [-0.4, -0.2) is 52.6 Å². The summed E-state index contributed by atoms with van der Waals surface area (Å²) in [5.41, 5.74) is 0. The van der Waals surface area contributed by atoms with Crippen molar-refractivity contribution in [3.8, 4) is 0 Å². The number of rotatable bonds is 6. The van der Waals surface area contributed by atoms with Crippen molar-refractivity contribution in [1.29, 1.82) is 0 Å². The van der Waals surface area contributed by atoms with Crippen LogP contribution in [0.25, 0.3) is 0 Å². The first-order valence-corrected chi connectivity index (χ1v) is 3.81. The minimum Gasteiger partial charge on any atom is -0.480 e. The molecule has 7 heteroatoms. The highest BCUT2D eigenvalue weighted by Crippen LogP contribution is 1.89. The molecule has 0 bridgehead atoms. The zero-order valence-corrected chi connectivity index (χ0v) is 8.35. The second-order valence-corrected chi connectivity index (χ2v) is 2.57. The molecule has 0 atom stereocenters. The molecule has 0 aliphatic carbocycles. The highest BCUT2D eigenvalue weighted by atomic mass is 35.5. The maximum atomic E-state index is 10.2. The van der Waals surface area contributed by atoms with Crippen molar-refractivity contribution in [2.75, 3.05) is 25.5 Å². The highest BCUT2D eigenvalue weighted by Gasteiger charge is 2.11. The van der Waals surface area contributed by atoms with E-state index in [9.17, 15) is 9.59 Å². The third-order valence-corrected chi connectivity index (χ3v) is 1.29. The summed E-state index contributed by atoms with van der Waals surface area (Å²) in [5, 5.41) is 16.7. The van der Waals surface area contributed by atoms with Gasteiger partial charge in [-0.2, -0.15) is 0 Å². The Kier molecular flexibility index (Phi) is 9.33. The van der Waals surface area contributed by atoms with Crippen molar-refractivity contribution in [3.05, 3.63) is 0 Å². The smallest absolute Gasteiger partial charge is 0.317 e. The average Bonchev–Trinajstić information content (AvgIpc) is 1.84. The Hall–Kier alpha value is -0.520. The molecule has 0 aromatic carbocycles. The normalized spacial score (nSPS) is 9.38. The van der Waals surface area contributed by atoms with E-state index < -0.39 is 11.9 Å². The molecule has 5 nitrogen and oxygen atoms in total. The average molecular weight is 232 g/mol. The van der Waals surface area contributed by atoms with Crippen LogP contribution in [0.5, 0.6) is 0 Å². The van der Waals surface area contributed by atoms with E-state index in [1.165, 1.54) is 4.90 Å². The predicted octanol–water partition coefficient (Wildman–Crippen LogP) is 0.118. The Bertz CT molecular complexity index is 160. The largest absolute Gasteiger partial charge is 0.480 e. The zero-order valence-electron chi connectivity index (χ0n) is 6.77. The van der Waals surface area contributed by atoms with Gasteiger partial charge in [0.15, 0.2) is 0 Å². The Labute approximate surface area is 86.7 Å². The van der Waals surface area contributed by atoms with Crippen molar-refractivity contribution in [2.24, 2.45) is 0 Å². The van der Waals surface area contributed by atoms with Gasteiger partial charge in [0.25, 0.3) is 0 Å². The zero-order chi connectivity index (χ0) is 9.56. The summed E-state index contributed by atoms with van der Waals surface area (Å²) in [6.45, 7) is -0.321. The molecule has 0 saturated heterocycles. The van der Waals surface area contributed by atoms with Gasteiger partial charge in [-0.15, -0.1) is 24.0 Å². The molecule has 0 radical (unpaired) electrons. The van der Waals surface area contributed by atoms with Crippen LogP contribution in [0.3, 0.4) is 0 Å². The summed E-state index contributed by atoms with van der Waals surface area (Å²) >= 11 is 5.34. The topological polar surface area (TPSA) is 77.8 Å². The standard InChI is InChI=1S/C6H10ClNO4.ClH/c7-1-2-8(3-5(9)10)4-6(11)12;/h1-4H2,(H,9,10)(H,11,12);1H. The van der Waals surface area contributed by atoms with Crippen LogP contribution in [0, 0.1) is 0 Å². The summed E-state index contributed by atoms with van der Waals surface area (Å²) in [6.07, 6.45) is 0. The molecule has 0 aliphatic heterocycles. The fraction of sp³-hybridized carbons (Fsp3) is 0.667. The van der Waals surface area contributed by atoms with Crippen LogP contribution in [-0.2, 0) is 9.59 Å². The number of carbonyl (C=O) groups is 2. The van der Waals surface area contributed by atoms with Crippen molar-refractivity contribution in [2.45, 2.75) is 0 Å². The lowest BCUT2D eigenvalue weighted by Gasteiger charge is -2.15. The molecule has 0 fully saturated rings. The molecular formula is C6H11Cl2NO4. The van der Waals surface area contributed by atoms with Crippen LogP contribution >= 0.6 is 24.0 Å². The summed E-state index contributed by atoms with van der Waals surface area (Å²) in [6, 6.07) is 0. The van der Waals surface area contributed by atoms with E-state index in [2.05, 4.69) is 0 Å². The lowest BCUT2D eigenvalue weighted by Crippen LogP contribution is -2.35. The molecule has 0 amide bonds. The molecule has 0 aliphatic rings. The first-order valence-electron chi connectivity index (χ1n) is 3.28. The SMILES string of the molecule is Cl.O=C(O)CN(CCCl)CC(=O)O. The Morgan fingerprint density at radius 1 is 1.15 bits per heavy atom. The number of alkyl halides is 1. The number of hydrogen-bond donors (Lipinski definition) is 2. The molecule has 0 spiro atoms. The van der Waals surface area contributed by atoms with Crippen molar-refractivity contribution < 1.29 is 19.8 Å². The van der Waals surface area contributed by atoms with Gasteiger partial charge in [-0.05, 0) is 0 Å². The van der Waals surface area contributed by atoms with Crippen molar-refractivity contribution in [1.82, 2.24) is 4.90 Å². The highest BCUT2D eigenvalue weighted by molar-refractivity contribution is 6.18. The molecule has 0 rings (SSSR count). The van der Waals surface area contributed by atoms with E-state index in [-0.39, 0.29) is 37.9 Å².